The number of aromatic nitrogens is 2. The summed E-state index contributed by atoms with van der Waals surface area (Å²) < 4.78 is 42.5. The molecule has 0 saturated heterocycles. The normalized spacial score (nSPS) is 13.5. The molecular weight excluding hydrogens is 239 g/mol. The lowest BCUT2D eigenvalue weighted by molar-refractivity contribution is -0.164. The topological polar surface area (TPSA) is 70.1 Å². The second kappa shape index (κ2) is 4.64. The van der Waals surface area contributed by atoms with Crippen molar-refractivity contribution in [3.63, 3.8) is 0 Å². The summed E-state index contributed by atoms with van der Waals surface area (Å²) in [6, 6.07) is -1.90. The van der Waals surface area contributed by atoms with Crippen molar-refractivity contribution in [2.45, 2.75) is 26.1 Å². The second-order valence-corrected chi connectivity index (χ2v) is 3.33. The lowest BCUT2D eigenvalue weighted by Crippen LogP contribution is -2.26. The first-order valence-corrected chi connectivity index (χ1v) is 4.85. The molecule has 0 aromatic carbocycles. The summed E-state index contributed by atoms with van der Waals surface area (Å²) >= 11 is 0. The molecule has 0 aliphatic rings. The molecule has 0 amide bonds. The average molecular weight is 251 g/mol. The van der Waals surface area contributed by atoms with Crippen molar-refractivity contribution < 1.29 is 22.7 Å². The highest BCUT2D eigenvalue weighted by atomic mass is 19.4. The number of nitrogens with two attached hydrogens (primary N) is 1. The van der Waals surface area contributed by atoms with E-state index in [1.54, 1.807) is 6.92 Å². The summed E-state index contributed by atoms with van der Waals surface area (Å²) in [6.45, 7) is 2.59. The maximum Gasteiger partial charge on any atom is 0.410 e. The molecule has 1 heterocycles. The number of carbonyl (C=O) groups excluding carboxylic acids is 1. The predicted octanol–water partition coefficient (Wildman–Crippen LogP) is 1.77. The molecule has 1 aromatic heterocycles. The zero-order valence-corrected chi connectivity index (χ0v) is 9.28. The number of carbonyl (C=O) groups is 1. The zero-order chi connectivity index (χ0) is 13.2. The van der Waals surface area contributed by atoms with Crippen LogP contribution in [-0.4, -0.2) is 28.5 Å². The van der Waals surface area contributed by atoms with Crippen LogP contribution in [0.4, 0.5) is 19.0 Å². The van der Waals surface area contributed by atoms with Gasteiger partial charge in [0.2, 0.25) is 0 Å². The van der Waals surface area contributed by atoms with Gasteiger partial charge in [0, 0.05) is 0 Å². The van der Waals surface area contributed by atoms with E-state index < -0.39 is 18.2 Å². The number of hydrogen-bond donors (Lipinski definition) is 1. The molecule has 0 aliphatic heterocycles. The van der Waals surface area contributed by atoms with Crippen LogP contribution in [0.15, 0.2) is 6.20 Å². The van der Waals surface area contributed by atoms with E-state index in [2.05, 4.69) is 9.84 Å². The summed E-state index contributed by atoms with van der Waals surface area (Å²) in [7, 11) is 0. The standard InChI is InChI=1S/C9H12F3N3O2/c1-3-17-8(16)6-4-14-15(7(6)13)5(2)9(10,11)12/h4-5H,3,13H2,1-2H3. The Hall–Kier alpha value is -1.73. The summed E-state index contributed by atoms with van der Waals surface area (Å²) in [5.74, 6) is -1.14. The van der Waals surface area contributed by atoms with Gasteiger partial charge in [-0.25, -0.2) is 9.48 Å². The number of halogens is 3. The van der Waals surface area contributed by atoms with E-state index in [1.807, 2.05) is 0 Å². The van der Waals surface area contributed by atoms with Crippen molar-refractivity contribution in [3.05, 3.63) is 11.8 Å². The zero-order valence-electron chi connectivity index (χ0n) is 9.28. The van der Waals surface area contributed by atoms with Gasteiger partial charge in [-0.1, -0.05) is 0 Å². The van der Waals surface area contributed by atoms with Gasteiger partial charge in [-0.2, -0.15) is 18.3 Å². The molecule has 0 spiro atoms. The Morgan fingerprint density at radius 2 is 2.24 bits per heavy atom. The number of hydrogen-bond acceptors (Lipinski definition) is 4. The summed E-state index contributed by atoms with van der Waals surface area (Å²) in [5.41, 5.74) is 5.27. The van der Waals surface area contributed by atoms with E-state index in [0.29, 0.717) is 4.68 Å². The Labute approximate surface area is 95.3 Å². The summed E-state index contributed by atoms with van der Waals surface area (Å²) in [4.78, 5) is 11.3. The molecule has 0 radical (unpaired) electrons. The van der Waals surface area contributed by atoms with Crippen LogP contribution in [0.5, 0.6) is 0 Å². The largest absolute Gasteiger partial charge is 0.462 e. The maximum atomic E-state index is 12.4. The third-order valence-electron chi connectivity index (χ3n) is 2.17. The third-order valence-corrected chi connectivity index (χ3v) is 2.17. The fraction of sp³-hybridized carbons (Fsp3) is 0.556. The quantitative estimate of drug-likeness (QED) is 0.831. The number of ether oxygens (including phenoxy) is 1. The fourth-order valence-corrected chi connectivity index (χ4v) is 1.19. The Kier molecular flexibility index (Phi) is 3.64. The monoisotopic (exact) mass is 251 g/mol. The number of esters is 1. The SMILES string of the molecule is CCOC(=O)c1cnn(C(C)C(F)(F)F)c1N. The van der Waals surface area contributed by atoms with Crippen molar-refractivity contribution >= 4 is 11.8 Å². The van der Waals surface area contributed by atoms with Gasteiger partial charge in [-0.15, -0.1) is 0 Å². The van der Waals surface area contributed by atoms with Crippen molar-refractivity contribution in [2.75, 3.05) is 12.3 Å². The molecule has 5 nitrogen and oxygen atoms in total. The number of nitrogens with zero attached hydrogens (tertiary/aromatic N) is 2. The van der Waals surface area contributed by atoms with E-state index in [1.165, 1.54) is 0 Å². The van der Waals surface area contributed by atoms with Crippen LogP contribution in [0, 0.1) is 0 Å². The molecule has 0 saturated carbocycles. The Morgan fingerprint density at radius 3 is 2.71 bits per heavy atom. The van der Waals surface area contributed by atoms with Gasteiger partial charge in [0.25, 0.3) is 0 Å². The van der Waals surface area contributed by atoms with E-state index in [0.717, 1.165) is 13.1 Å². The third kappa shape index (κ3) is 2.69. The molecule has 96 valence electrons. The van der Waals surface area contributed by atoms with Gasteiger partial charge in [-0.05, 0) is 13.8 Å². The predicted molar refractivity (Wildman–Crippen MR) is 53.4 cm³/mol. The molecule has 1 aromatic rings. The van der Waals surface area contributed by atoms with Crippen molar-refractivity contribution in [1.82, 2.24) is 9.78 Å². The minimum atomic E-state index is -4.48. The number of nitrogen functional groups attached to an aromatic ring is 1. The first kappa shape index (κ1) is 13.3. The summed E-state index contributed by atoms with van der Waals surface area (Å²) in [6.07, 6.45) is -3.51. The van der Waals surface area contributed by atoms with E-state index in [9.17, 15) is 18.0 Å². The molecule has 2 N–H and O–H groups in total. The molecule has 8 heteroatoms. The molecule has 17 heavy (non-hydrogen) atoms. The fourth-order valence-electron chi connectivity index (χ4n) is 1.19. The first-order chi connectivity index (χ1) is 7.79. The number of rotatable bonds is 3. The lowest BCUT2D eigenvalue weighted by atomic mass is 10.3. The maximum absolute atomic E-state index is 12.4. The molecular formula is C9H12F3N3O2. The van der Waals surface area contributed by atoms with Crippen LogP contribution in [0.3, 0.4) is 0 Å². The van der Waals surface area contributed by atoms with Gasteiger partial charge in [0.1, 0.15) is 17.4 Å². The van der Waals surface area contributed by atoms with E-state index in [-0.39, 0.29) is 18.0 Å². The van der Waals surface area contributed by atoms with Crippen LogP contribution in [0.2, 0.25) is 0 Å². The highest BCUT2D eigenvalue weighted by Gasteiger charge is 2.39. The molecule has 1 atom stereocenters. The second-order valence-electron chi connectivity index (χ2n) is 3.33. The van der Waals surface area contributed by atoms with Crippen molar-refractivity contribution in [1.29, 1.82) is 0 Å². The van der Waals surface area contributed by atoms with Crippen molar-refractivity contribution in [3.8, 4) is 0 Å². The Bertz CT molecular complexity index is 414. The molecule has 0 fully saturated rings. The first-order valence-electron chi connectivity index (χ1n) is 4.85. The molecule has 0 aliphatic carbocycles. The number of anilines is 1. The van der Waals surface area contributed by atoms with Gasteiger partial charge >= 0.3 is 12.1 Å². The minimum Gasteiger partial charge on any atom is -0.462 e. The Morgan fingerprint density at radius 1 is 1.65 bits per heavy atom. The summed E-state index contributed by atoms with van der Waals surface area (Å²) in [5, 5.41) is 3.46. The smallest absolute Gasteiger partial charge is 0.410 e. The van der Waals surface area contributed by atoms with Crippen LogP contribution in [0.25, 0.3) is 0 Å². The van der Waals surface area contributed by atoms with Crippen LogP contribution >= 0.6 is 0 Å². The van der Waals surface area contributed by atoms with E-state index >= 15 is 0 Å². The molecule has 1 rings (SSSR count). The highest BCUT2D eigenvalue weighted by Crippen LogP contribution is 2.31. The molecule has 1 unspecified atom stereocenters. The highest BCUT2D eigenvalue weighted by molar-refractivity contribution is 5.93. The Balaban J connectivity index is 3.03. The minimum absolute atomic E-state index is 0.109. The van der Waals surface area contributed by atoms with Crippen LogP contribution in [-0.2, 0) is 4.74 Å². The van der Waals surface area contributed by atoms with Gasteiger partial charge in [0.05, 0.1) is 12.8 Å². The number of alkyl halides is 3. The van der Waals surface area contributed by atoms with E-state index in [4.69, 9.17) is 5.73 Å². The van der Waals surface area contributed by atoms with Crippen LogP contribution < -0.4 is 5.73 Å². The average Bonchev–Trinajstić information content (AvgIpc) is 2.58. The van der Waals surface area contributed by atoms with Gasteiger partial charge < -0.3 is 10.5 Å². The van der Waals surface area contributed by atoms with Crippen LogP contribution in [0.1, 0.15) is 30.2 Å². The van der Waals surface area contributed by atoms with Crippen molar-refractivity contribution in [2.24, 2.45) is 0 Å². The molecule has 0 bridgehead atoms. The van der Waals surface area contributed by atoms with Gasteiger partial charge in [-0.3, -0.25) is 0 Å². The van der Waals surface area contributed by atoms with Gasteiger partial charge in [0.15, 0.2) is 0 Å². The lowest BCUT2D eigenvalue weighted by Gasteiger charge is -2.17.